The van der Waals surface area contributed by atoms with Gasteiger partial charge in [-0.25, -0.2) is 8.78 Å². The zero-order chi connectivity index (χ0) is 14.7. The molecule has 2 aromatic rings. The van der Waals surface area contributed by atoms with Crippen LogP contribution in [-0.2, 0) is 6.42 Å². The van der Waals surface area contributed by atoms with E-state index in [1.54, 1.807) is 18.2 Å². The van der Waals surface area contributed by atoms with E-state index in [0.717, 1.165) is 6.07 Å². The van der Waals surface area contributed by atoms with Gasteiger partial charge in [0.15, 0.2) is 0 Å². The topological polar surface area (TPSA) is 29.5 Å². The van der Waals surface area contributed by atoms with Crippen molar-refractivity contribution in [3.8, 4) is 5.75 Å². The molecule has 0 amide bonds. The number of benzene rings is 2. The Morgan fingerprint density at radius 2 is 1.80 bits per heavy atom. The van der Waals surface area contributed by atoms with E-state index in [1.165, 1.54) is 19.2 Å². The number of methoxy groups -OCH3 is 1. The summed E-state index contributed by atoms with van der Waals surface area (Å²) in [4.78, 5) is 0. The fourth-order valence-electron chi connectivity index (χ4n) is 1.95. The van der Waals surface area contributed by atoms with Crippen LogP contribution < -0.4 is 4.74 Å². The van der Waals surface area contributed by atoms with E-state index in [1.807, 2.05) is 0 Å². The SMILES string of the molecule is COc1cc(C(O)Cc2cc(F)cc(F)c2)ccc1Cl. The molecule has 0 spiro atoms. The van der Waals surface area contributed by atoms with Gasteiger partial charge in [-0.2, -0.15) is 0 Å². The number of halogens is 3. The third kappa shape index (κ3) is 3.46. The summed E-state index contributed by atoms with van der Waals surface area (Å²) < 4.78 is 31.2. The zero-order valence-electron chi connectivity index (χ0n) is 10.7. The van der Waals surface area contributed by atoms with Crippen molar-refractivity contribution in [3.05, 3.63) is 64.2 Å². The number of ether oxygens (including phenoxy) is 1. The highest BCUT2D eigenvalue weighted by Crippen LogP contribution is 2.29. The van der Waals surface area contributed by atoms with E-state index < -0.39 is 17.7 Å². The Morgan fingerprint density at radius 3 is 2.40 bits per heavy atom. The molecule has 20 heavy (non-hydrogen) atoms. The van der Waals surface area contributed by atoms with Gasteiger partial charge in [0.05, 0.1) is 18.2 Å². The van der Waals surface area contributed by atoms with Crippen molar-refractivity contribution in [2.24, 2.45) is 0 Å². The van der Waals surface area contributed by atoms with Gasteiger partial charge < -0.3 is 9.84 Å². The second-order valence-electron chi connectivity index (χ2n) is 4.39. The first kappa shape index (κ1) is 14.8. The van der Waals surface area contributed by atoms with Crippen molar-refractivity contribution in [1.82, 2.24) is 0 Å². The minimum atomic E-state index is -0.901. The molecule has 5 heteroatoms. The molecule has 1 atom stereocenters. The first-order valence-corrected chi connectivity index (χ1v) is 6.34. The number of aliphatic hydroxyl groups is 1. The van der Waals surface area contributed by atoms with Gasteiger partial charge in [-0.05, 0) is 35.4 Å². The standard InChI is InChI=1S/C15H13ClF2O2/c1-20-15-7-10(2-3-13(15)16)14(19)6-9-4-11(17)8-12(18)5-9/h2-5,7-8,14,19H,6H2,1H3. The van der Waals surface area contributed by atoms with Crippen LogP contribution in [0.25, 0.3) is 0 Å². The highest BCUT2D eigenvalue weighted by atomic mass is 35.5. The zero-order valence-corrected chi connectivity index (χ0v) is 11.5. The Morgan fingerprint density at radius 1 is 1.15 bits per heavy atom. The molecule has 0 radical (unpaired) electrons. The van der Waals surface area contributed by atoms with Crippen molar-refractivity contribution in [3.63, 3.8) is 0 Å². The molecule has 0 aliphatic heterocycles. The molecule has 2 rings (SSSR count). The second-order valence-corrected chi connectivity index (χ2v) is 4.80. The van der Waals surface area contributed by atoms with Gasteiger partial charge in [0, 0.05) is 12.5 Å². The van der Waals surface area contributed by atoms with Crippen LogP contribution in [0.3, 0.4) is 0 Å². The molecular formula is C15H13ClF2O2. The molecule has 106 valence electrons. The minimum Gasteiger partial charge on any atom is -0.495 e. The van der Waals surface area contributed by atoms with Gasteiger partial charge in [-0.1, -0.05) is 17.7 Å². The van der Waals surface area contributed by atoms with Crippen LogP contribution in [0, 0.1) is 11.6 Å². The fourth-order valence-corrected chi connectivity index (χ4v) is 2.15. The van der Waals surface area contributed by atoms with E-state index >= 15 is 0 Å². The lowest BCUT2D eigenvalue weighted by atomic mass is 10.0. The average molecular weight is 299 g/mol. The van der Waals surface area contributed by atoms with E-state index in [-0.39, 0.29) is 6.42 Å². The van der Waals surface area contributed by atoms with Crippen molar-refractivity contribution in [1.29, 1.82) is 0 Å². The van der Waals surface area contributed by atoms with Gasteiger partial charge in [0.1, 0.15) is 17.4 Å². The summed E-state index contributed by atoms with van der Waals surface area (Å²) in [5.41, 5.74) is 0.944. The van der Waals surface area contributed by atoms with Crippen LogP contribution in [-0.4, -0.2) is 12.2 Å². The lowest BCUT2D eigenvalue weighted by molar-refractivity contribution is 0.178. The molecule has 0 saturated carbocycles. The molecule has 1 unspecified atom stereocenters. The predicted molar refractivity (Wildman–Crippen MR) is 73.0 cm³/mol. The first-order valence-electron chi connectivity index (χ1n) is 5.96. The maximum absolute atomic E-state index is 13.1. The maximum atomic E-state index is 13.1. The summed E-state index contributed by atoms with van der Waals surface area (Å²) >= 11 is 5.90. The van der Waals surface area contributed by atoms with Gasteiger partial charge in [0.25, 0.3) is 0 Å². The Kier molecular flexibility index (Phi) is 4.57. The molecule has 2 aromatic carbocycles. The summed E-state index contributed by atoms with van der Waals surface area (Å²) in [6.07, 6.45) is -0.804. The number of rotatable bonds is 4. The number of hydrogen-bond acceptors (Lipinski definition) is 2. The quantitative estimate of drug-likeness (QED) is 0.927. The summed E-state index contributed by atoms with van der Waals surface area (Å²) in [7, 11) is 1.47. The van der Waals surface area contributed by atoms with E-state index in [0.29, 0.717) is 21.9 Å². The van der Waals surface area contributed by atoms with Crippen LogP contribution in [0.2, 0.25) is 5.02 Å². The van der Waals surface area contributed by atoms with Crippen molar-refractivity contribution >= 4 is 11.6 Å². The maximum Gasteiger partial charge on any atom is 0.137 e. The smallest absolute Gasteiger partial charge is 0.137 e. The molecule has 0 aliphatic rings. The van der Waals surface area contributed by atoms with Crippen LogP contribution in [0.15, 0.2) is 36.4 Å². The van der Waals surface area contributed by atoms with E-state index in [2.05, 4.69) is 0 Å². The second kappa shape index (κ2) is 6.20. The molecule has 0 fully saturated rings. The van der Waals surface area contributed by atoms with Crippen molar-refractivity contribution < 1.29 is 18.6 Å². The Labute approximate surface area is 120 Å². The van der Waals surface area contributed by atoms with Gasteiger partial charge in [-0.3, -0.25) is 0 Å². The monoisotopic (exact) mass is 298 g/mol. The number of aliphatic hydroxyl groups excluding tert-OH is 1. The Bertz CT molecular complexity index is 597. The molecule has 2 nitrogen and oxygen atoms in total. The van der Waals surface area contributed by atoms with Crippen molar-refractivity contribution in [2.75, 3.05) is 7.11 Å². The third-order valence-electron chi connectivity index (χ3n) is 2.91. The largest absolute Gasteiger partial charge is 0.495 e. The minimum absolute atomic E-state index is 0.0967. The number of hydrogen-bond donors (Lipinski definition) is 1. The van der Waals surface area contributed by atoms with Crippen LogP contribution >= 0.6 is 11.6 Å². The first-order chi connectivity index (χ1) is 9.49. The van der Waals surface area contributed by atoms with Gasteiger partial charge >= 0.3 is 0 Å². The molecule has 1 N–H and O–H groups in total. The Balaban J connectivity index is 2.21. The predicted octanol–water partition coefficient (Wildman–Crippen LogP) is 3.90. The van der Waals surface area contributed by atoms with Crippen LogP contribution in [0.4, 0.5) is 8.78 Å². The highest BCUT2D eigenvalue weighted by molar-refractivity contribution is 6.32. The highest BCUT2D eigenvalue weighted by Gasteiger charge is 2.12. The lowest BCUT2D eigenvalue weighted by Crippen LogP contribution is -2.03. The fraction of sp³-hybridized carbons (Fsp3) is 0.200. The average Bonchev–Trinajstić information content (AvgIpc) is 2.37. The summed E-state index contributed by atoms with van der Waals surface area (Å²) in [5.74, 6) is -0.893. The normalized spacial score (nSPS) is 12.2. The molecule has 0 aliphatic carbocycles. The molecular weight excluding hydrogens is 286 g/mol. The molecule has 0 aromatic heterocycles. The molecule has 0 heterocycles. The van der Waals surface area contributed by atoms with Crippen LogP contribution in [0.1, 0.15) is 17.2 Å². The molecule has 0 saturated heterocycles. The summed E-state index contributed by atoms with van der Waals surface area (Å²) in [6.45, 7) is 0. The van der Waals surface area contributed by atoms with E-state index in [4.69, 9.17) is 16.3 Å². The third-order valence-corrected chi connectivity index (χ3v) is 3.22. The van der Waals surface area contributed by atoms with Crippen molar-refractivity contribution in [2.45, 2.75) is 12.5 Å². The van der Waals surface area contributed by atoms with Gasteiger partial charge in [0.2, 0.25) is 0 Å². The Hall–Kier alpha value is -1.65. The lowest BCUT2D eigenvalue weighted by Gasteiger charge is -2.13. The molecule has 0 bridgehead atoms. The van der Waals surface area contributed by atoms with E-state index in [9.17, 15) is 13.9 Å². The summed E-state index contributed by atoms with van der Waals surface area (Å²) in [5, 5.41) is 10.6. The summed E-state index contributed by atoms with van der Waals surface area (Å²) in [6, 6.07) is 8.03. The van der Waals surface area contributed by atoms with Crippen LogP contribution in [0.5, 0.6) is 5.75 Å². The van der Waals surface area contributed by atoms with Gasteiger partial charge in [-0.15, -0.1) is 0 Å².